The number of rotatable bonds is 10. The molecule has 0 heterocycles. The van der Waals surface area contributed by atoms with Crippen LogP contribution in [0.1, 0.15) is 43.5 Å². The molecule has 0 saturated heterocycles. The molecule has 6 N–H and O–H groups in total. The lowest BCUT2D eigenvalue weighted by Crippen LogP contribution is -2.50. The third kappa shape index (κ3) is 7.30. The van der Waals surface area contributed by atoms with Crippen LogP contribution in [0.2, 0.25) is 0 Å². The lowest BCUT2D eigenvalue weighted by Gasteiger charge is -2.19. The maximum Gasteiger partial charge on any atom is 0.326 e. The minimum atomic E-state index is -1.27. The molecule has 0 bridgehead atoms. The van der Waals surface area contributed by atoms with Crippen LogP contribution in [-0.4, -0.2) is 67.9 Å². The second kappa shape index (κ2) is 10.9. The molecule has 0 radical (unpaired) electrons. The molecule has 11 heteroatoms. The summed E-state index contributed by atoms with van der Waals surface area (Å²) >= 11 is 0. The average molecular weight is 411 g/mol. The van der Waals surface area contributed by atoms with E-state index in [4.69, 9.17) is 0 Å². The van der Waals surface area contributed by atoms with Crippen molar-refractivity contribution in [3.05, 3.63) is 23.8 Å². The monoisotopic (exact) mass is 411 g/mol. The van der Waals surface area contributed by atoms with Crippen molar-refractivity contribution in [2.45, 2.75) is 45.2 Å². The molecule has 0 aliphatic rings. The van der Waals surface area contributed by atoms with Gasteiger partial charge < -0.3 is 26.0 Å². The van der Waals surface area contributed by atoms with Crippen LogP contribution in [0, 0.1) is 0 Å². The van der Waals surface area contributed by atoms with Gasteiger partial charge in [0.2, 0.25) is 11.8 Å². The van der Waals surface area contributed by atoms with Crippen LogP contribution in [-0.2, 0) is 14.4 Å². The molecule has 0 fully saturated rings. The zero-order valence-corrected chi connectivity index (χ0v) is 16.1. The molecule has 0 saturated carbocycles. The number of carbonyl (C=O) groups is 4. The number of aromatic hydroxyl groups is 2. The van der Waals surface area contributed by atoms with E-state index < -0.39 is 47.3 Å². The molecule has 1 rings (SSSR count). The standard InChI is InChI=1S/C18H25N3O8/c1-10(19-17(26)12-6-5-8-14(23)15(12)24)16(25)20-13(18(27)28)7-3-4-9-21(29)11(2)22/h5-6,8,10,13,23-24,29H,3-4,7,9H2,1-2H3,(H,19,26)(H,20,25)(H,27,28)/t10-,13+/m1/s1. The summed E-state index contributed by atoms with van der Waals surface area (Å²) in [4.78, 5) is 46.6. The number of phenolic OH excluding ortho intramolecular Hbond substituents is 2. The van der Waals surface area contributed by atoms with E-state index >= 15 is 0 Å². The predicted molar refractivity (Wildman–Crippen MR) is 99.3 cm³/mol. The van der Waals surface area contributed by atoms with Crippen molar-refractivity contribution in [3.8, 4) is 11.5 Å². The highest BCUT2D eigenvalue weighted by Crippen LogP contribution is 2.27. The molecular formula is C18H25N3O8. The summed E-state index contributed by atoms with van der Waals surface area (Å²) in [5.74, 6) is -4.50. The van der Waals surface area contributed by atoms with Gasteiger partial charge >= 0.3 is 5.97 Å². The quantitative estimate of drug-likeness (QED) is 0.137. The van der Waals surface area contributed by atoms with Crippen LogP contribution in [0.4, 0.5) is 0 Å². The molecule has 0 aromatic heterocycles. The van der Waals surface area contributed by atoms with Crippen LogP contribution in [0.25, 0.3) is 0 Å². The highest BCUT2D eigenvalue weighted by Gasteiger charge is 2.25. The maximum atomic E-state index is 12.2. The number of benzene rings is 1. The van der Waals surface area contributed by atoms with Crippen molar-refractivity contribution in [1.29, 1.82) is 0 Å². The number of carboxylic acid groups (broad SMARTS) is 1. The predicted octanol–water partition coefficient (Wildman–Crippen LogP) is 0.194. The third-order valence-corrected chi connectivity index (χ3v) is 4.09. The molecule has 11 nitrogen and oxygen atoms in total. The molecule has 0 unspecified atom stereocenters. The Bertz CT molecular complexity index is 767. The zero-order valence-electron chi connectivity index (χ0n) is 16.1. The van der Waals surface area contributed by atoms with Gasteiger partial charge in [0.25, 0.3) is 5.91 Å². The maximum absolute atomic E-state index is 12.2. The number of carbonyl (C=O) groups excluding carboxylic acids is 3. The smallest absolute Gasteiger partial charge is 0.326 e. The summed E-state index contributed by atoms with van der Waals surface area (Å²) in [6, 6.07) is 1.44. The summed E-state index contributed by atoms with van der Waals surface area (Å²) in [6.07, 6.45) is 0.707. The Labute approximate surface area is 166 Å². The van der Waals surface area contributed by atoms with Gasteiger partial charge in [-0.25, -0.2) is 9.86 Å². The summed E-state index contributed by atoms with van der Waals surface area (Å²) in [5, 5.41) is 42.8. The van der Waals surface area contributed by atoms with Crippen molar-refractivity contribution in [2.24, 2.45) is 0 Å². The van der Waals surface area contributed by atoms with Gasteiger partial charge in [-0.05, 0) is 38.3 Å². The van der Waals surface area contributed by atoms with Crippen molar-refractivity contribution >= 4 is 23.7 Å². The van der Waals surface area contributed by atoms with E-state index in [9.17, 15) is 39.7 Å². The molecule has 0 aliphatic carbocycles. The molecule has 160 valence electrons. The first-order valence-corrected chi connectivity index (χ1v) is 8.86. The van der Waals surface area contributed by atoms with Gasteiger partial charge in [0.05, 0.1) is 5.56 Å². The normalized spacial score (nSPS) is 12.5. The van der Waals surface area contributed by atoms with Gasteiger partial charge in [-0.2, -0.15) is 0 Å². The summed E-state index contributed by atoms with van der Waals surface area (Å²) in [6.45, 7) is 2.56. The fourth-order valence-corrected chi connectivity index (χ4v) is 2.38. The van der Waals surface area contributed by atoms with Gasteiger partial charge in [-0.3, -0.25) is 19.6 Å². The summed E-state index contributed by atoms with van der Waals surface area (Å²) < 4.78 is 0. The van der Waals surface area contributed by atoms with E-state index in [1.165, 1.54) is 32.0 Å². The number of unbranched alkanes of at least 4 members (excludes halogenated alkanes) is 1. The minimum absolute atomic E-state index is 0.0372. The topological polar surface area (TPSA) is 176 Å². The van der Waals surface area contributed by atoms with Crippen molar-refractivity contribution in [3.63, 3.8) is 0 Å². The van der Waals surface area contributed by atoms with Crippen LogP contribution < -0.4 is 10.6 Å². The van der Waals surface area contributed by atoms with Crippen LogP contribution in [0.3, 0.4) is 0 Å². The second-order valence-electron chi connectivity index (χ2n) is 6.41. The fourth-order valence-electron chi connectivity index (χ4n) is 2.38. The van der Waals surface area contributed by atoms with Crippen molar-refractivity contribution in [2.75, 3.05) is 6.54 Å². The van der Waals surface area contributed by atoms with Crippen molar-refractivity contribution in [1.82, 2.24) is 15.7 Å². The largest absolute Gasteiger partial charge is 0.504 e. The zero-order chi connectivity index (χ0) is 22.1. The molecule has 2 atom stereocenters. The van der Waals surface area contributed by atoms with Gasteiger partial charge in [0, 0.05) is 13.5 Å². The van der Waals surface area contributed by atoms with E-state index in [0.29, 0.717) is 17.9 Å². The molecular weight excluding hydrogens is 386 g/mol. The first kappa shape index (κ1) is 23.7. The number of hydrogen-bond acceptors (Lipinski definition) is 7. The number of nitrogens with one attached hydrogen (secondary N) is 2. The van der Waals surface area contributed by atoms with Gasteiger partial charge in [-0.15, -0.1) is 0 Å². The fraction of sp³-hybridized carbons (Fsp3) is 0.444. The number of hydroxylamine groups is 2. The number of para-hydroxylation sites is 1. The second-order valence-corrected chi connectivity index (χ2v) is 6.41. The Morgan fingerprint density at radius 3 is 2.34 bits per heavy atom. The molecule has 3 amide bonds. The molecule has 1 aromatic rings. The first-order valence-electron chi connectivity index (χ1n) is 8.86. The van der Waals surface area contributed by atoms with Crippen LogP contribution in [0.15, 0.2) is 18.2 Å². The van der Waals surface area contributed by atoms with E-state index in [1.54, 1.807) is 0 Å². The van der Waals surface area contributed by atoms with Crippen LogP contribution in [0.5, 0.6) is 11.5 Å². The van der Waals surface area contributed by atoms with Gasteiger partial charge in [-0.1, -0.05) is 6.07 Å². The van der Waals surface area contributed by atoms with E-state index in [-0.39, 0.29) is 18.5 Å². The minimum Gasteiger partial charge on any atom is -0.504 e. The molecule has 0 spiro atoms. The lowest BCUT2D eigenvalue weighted by atomic mass is 10.1. The Hall–Kier alpha value is -3.34. The number of phenols is 2. The van der Waals surface area contributed by atoms with Gasteiger partial charge in [0.15, 0.2) is 11.5 Å². The Morgan fingerprint density at radius 1 is 1.10 bits per heavy atom. The highest BCUT2D eigenvalue weighted by atomic mass is 16.5. The first-order chi connectivity index (χ1) is 13.5. The van der Waals surface area contributed by atoms with Crippen molar-refractivity contribution < 1.29 is 39.7 Å². The SMILES string of the molecule is CC(=O)N(O)CCCC[C@H](NC(=O)[C@@H](C)NC(=O)c1cccc(O)c1O)C(=O)O. The van der Waals surface area contributed by atoms with E-state index in [1.807, 2.05) is 0 Å². The Balaban J connectivity index is 2.59. The summed E-state index contributed by atoms with van der Waals surface area (Å²) in [7, 11) is 0. The third-order valence-electron chi connectivity index (χ3n) is 4.09. The Morgan fingerprint density at radius 2 is 1.76 bits per heavy atom. The van der Waals surface area contributed by atoms with E-state index in [0.717, 1.165) is 0 Å². The molecule has 29 heavy (non-hydrogen) atoms. The number of aliphatic carboxylic acids is 1. The number of hydrogen-bond donors (Lipinski definition) is 6. The summed E-state index contributed by atoms with van der Waals surface area (Å²) in [5.41, 5.74) is -0.238. The van der Waals surface area contributed by atoms with Crippen LogP contribution >= 0.6 is 0 Å². The molecule has 1 aromatic carbocycles. The van der Waals surface area contributed by atoms with E-state index in [2.05, 4.69) is 10.6 Å². The lowest BCUT2D eigenvalue weighted by molar-refractivity contribution is -0.162. The number of carboxylic acids is 1. The highest BCUT2D eigenvalue weighted by molar-refractivity contribution is 6.00. The average Bonchev–Trinajstić information content (AvgIpc) is 2.65. The number of nitrogens with zero attached hydrogens (tertiary/aromatic N) is 1. The number of amides is 3. The van der Waals surface area contributed by atoms with Gasteiger partial charge in [0.1, 0.15) is 12.1 Å². The molecule has 0 aliphatic heterocycles. The Kier molecular flexibility index (Phi) is 8.87.